The van der Waals surface area contributed by atoms with Gasteiger partial charge in [0.25, 0.3) is 0 Å². The predicted octanol–water partition coefficient (Wildman–Crippen LogP) is 1.98. The molecule has 1 aromatic carbocycles. The molecule has 0 saturated carbocycles. The summed E-state index contributed by atoms with van der Waals surface area (Å²) in [7, 11) is 1.67. The van der Waals surface area contributed by atoms with Gasteiger partial charge in [0.05, 0.1) is 7.11 Å². The van der Waals surface area contributed by atoms with E-state index in [0.29, 0.717) is 6.04 Å². The summed E-state index contributed by atoms with van der Waals surface area (Å²) < 4.78 is 7.07. The van der Waals surface area contributed by atoms with Crippen LogP contribution in [0, 0.1) is 0 Å². The summed E-state index contributed by atoms with van der Waals surface area (Å²) in [5.74, 6) is 1.81. The van der Waals surface area contributed by atoms with Crippen molar-refractivity contribution in [3.8, 4) is 5.75 Å². The lowest BCUT2D eigenvalue weighted by atomic mass is 10.0. The molecule has 2 N–H and O–H groups in total. The van der Waals surface area contributed by atoms with Gasteiger partial charge in [0.15, 0.2) is 0 Å². The summed E-state index contributed by atoms with van der Waals surface area (Å²) in [6, 6.07) is 8.35. The van der Waals surface area contributed by atoms with E-state index >= 15 is 0 Å². The van der Waals surface area contributed by atoms with Gasteiger partial charge in [-0.25, -0.2) is 9.67 Å². The van der Waals surface area contributed by atoms with Gasteiger partial charge in [-0.15, -0.1) is 0 Å². The largest absolute Gasteiger partial charge is 0.497 e. The fourth-order valence-corrected chi connectivity index (χ4v) is 2.22. The van der Waals surface area contributed by atoms with Crippen LogP contribution < -0.4 is 10.5 Å². The summed E-state index contributed by atoms with van der Waals surface area (Å²) >= 11 is 0. The van der Waals surface area contributed by atoms with E-state index in [1.807, 2.05) is 28.9 Å². The molecule has 0 aliphatic heterocycles. The molecule has 0 saturated heterocycles. The Labute approximate surface area is 119 Å². The molecule has 0 spiro atoms. The molecule has 5 heteroatoms. The first-order chi connectivity index (χ1) is 9.60. The maximum Gasteiger partial charge on any atom is 0.138 e. The first-order valence-corrected chi connectivity index (χ1v) is 6.87. The highest BCUT2D eigenvalue weighted by Crippen LogP contribution is 2.14. The number of hydrogen-bond donors (Lipinski definition) is 1. The van der Waals surface area contributed by atoms with E-state index < -0.39 is 0 Å². The van der Waals surface area contributed by atoms with Crippen molar-refractivity contribution >= 4 is 0 Å². The molecule has 5 nitrogen and oxygen atoms in total. The van der Waals surface area contributed by atoms with Gasteiger partial charge in [-0.05, 0) is 38.0 Å². The minimum absolute atomic E-state index is 0.0325. The number of methoxy groups -OCH3 is 1. The predicted molar refractivity (Wildman–Crippen MR) is 78.8 cm³/mol. The number of nitrogens with two attached hydrogens (primary N) is 1. The molecule has 0 aliphatic rings. The Morgan fingerprint density at radius 3 is 2.50 bits per heavy atom. The van der Waals surface area contributed by atoms with Crippen molar-refractivity contribution in [3.05, 3.63) is 42.0 Å². The standard InChI is InChI=1S/C15H22N4O/c1-11(2)19-15(17-10-18-19)9-13(16)8-12-4-6-14(20-3)7-5-12/h4-7,10-11,13H,8-9,16H2,1-3H3. The van der Waals surface area contributed by atoms with Gasteiger partial charge in [-0.1, -0.05) is 12.1 Å². The average Bonchev–Trinajstić information content (AvgIpc) is 2.87. The fourth-order valence-electron chi connectivity index (χ4n) is 2.22. The Kier molecular flexibility index (Phi) is 4.74. The molecule has 2 rings (SSSR count). The molecule has 108 valence electrons. The average molecular weight is 274 g/mol. The van der Waals surface area contributed by atoms with Gasteiger partial charge in [0, 0.05) is 18.5 Å². The third-order valence-electron chi connectivity index (χ3n) is 3.24. The van der Waals surface area contributed by atoms with Crippen molar-refractivity contribution in [2.24, 2.45) is 5.73 Å². The molecule has 0 bridgehead atoms. The molecule has 0 amide bonds. The summed E-state index contributed by atoms with van der Waals surface area (Å²) in [4.78, 5) is 4.30. The van der Waals surface area contributed by atoms with Crippen molar-refractivity contribution in [2.45, 2.75) is 38.8 Å². The van der Waals surface area contributed by atoms with E-state index in [4.69, 9.17) is 10.5 Å². The molecule has 0 fully saturated rings. The molecular formula is C15H22N4O. The number of rotatable bonds is 6. The Bertz CT molecular complexity index is 533. The Morgan fingerprint density at radius 1 is 1.20 bits per heavy atom. The summed E-state index contributed by atoms with van der Waals surface area (Å²) in [6.45, 7) is 4.18. The van der Waals surface area contributed by atoms with Gasteiger partial charge < -0.3 is 10.5 Å². The van der Waals surface area contributed by atoms with Gasteiger partial charge >= 0.3 is 0 Å². The van der Waals surface area contributed by atoms with Crippen LogP contribution in [-0.2, 0) is 12.8 Å². The number of benzene rings is 1. The van der Waals surface area contributed by atoms with Gasteiger partial charge in [-0.2, -0.15) is 5.10 Å². The van der Waals surface area contributed by atoms with Crippen LogP contribution in [0.5, 0.6) is 5.75 Å². The van der Waals surface area contributed by atoms with Crippen molar-refractivity contribution < 1.29 is 4.74 Å². The lowest BCUT2D eigenvalue weighted by Gasteiger charge is -2.14. The topological polar surface area (TPSA) is 66.0 Å². The van der Waals surface area contributed by atoms with Crippen LogP contribution in [0.1, 0.15) is 31.3 Å². The summed E-state index contributed by atoms with van der Waals surface area (Å²) in [6.07, 6.45) is 3.13. The van der Waals surface area contributed by atoms with Gasteiger partial charge in [-0.3, -0.25) is 0 Å². The molecule has 2 aromatic rings. The number of nitrogens with zero attached hydrogens (tertiary/aromatic N) is 3. The summed E-state index contributed by atoms with van der Waals surface area (Å²) in [5, 5.41) is 4.23. The first-order valence-electron chi connectivity index (χ1n) is 6.87. The molecular weight excluding hydrogens is 252 g/mol. The molecule has 1 unspecified atom stereocenters. The van der Waals surface area contributed by atoms with Crippen molar-refractivity contribution in [1.29, 1.82) is 0 Å². The molecule has 0 aliphatic carbocycles. The van der Waals surface area contributed by atoms with E-state index in [1.54, 1.807) is 13.4 Å². The van der Waals surface area contributed by atoms with Crippen molar-refractivity contribution in [2.75, 3.05) is 7.11 Å². The number of aromatic nitrogens is 3. The lowest BCUT2D eigenvalue weighted by Crippen LogP contribution is -2.27. The molecule has 20 heavy (non-hydrogen) atoms. The highest BCUT2D eigenvalue weighted by molar-refractivity contribution is 5.27. The zero-order chi connectivity index (χ0) is 14.5. The van der Waals surface area contributed by atoms with Gasteiger partial charge in [0.2, 0.25) is 0 Å². The SMILES string of the molecule is COc1ccc(CC(N)Cc2ncnn2C(C)C)cc1. The van der Waals surface area contributed by atoms with Crippen LogP contribution in [-0.4, -0.2) is 27.9 Å². The minimum atomic E-state index is 0.0325. The normalized spacial score (nSPS) is 12.7. The molecule has 1 aromatic heterocycles. The second kappa shape index (κ2) is 6.52. The lowest BCUT2D eigenvalue weighted by molar-refractivity contribution is 0.414. The maximum atomic E-state index is 6.22. The molecule has 1 heterocycles. The first kappa shape index (κ1) is 14.5. The molecule has 0 radical (unpaired) electrons. The van der Waals surface area contributed by atoms with E-state index in [0.717, 1.165) is 24.4 Å². The second-order valence-corrected chi connectivity index (χ2v) is 5.23. The van der Waals surface area contributed by atoms with Crippen molar-refractivity contribution in [1.82, 2.24) is 14.8 Å². The molecule has 1 atom stereocenters. The van der Waals surface area contributed by atoms with Crippen molar-refractivity contribution in [3.63, 3.8) is 0 Å². The van der Waals surface area contributed by atoms with E-state index in [9.17, 15) is 0 Å². The van der Waals surface area contributed by atoms with E-state index in [-0.39, 0.29) is 6.04 Å². The maximum absolute atomic E-state index is 6.22. The van der Waals surface area contributed by atoms with Crippen LogP contribution in [0.3, 0.4) is 0 Å². The number of hydrogen-bond acceptors (Lipinski definition) is 4. The zero-order valence-electron chi connectivity index (χ0n) is 12.3. The number of ether oxygens (including phenoxy) is 1. The third kappa shape index (κ3) is 3.57. The van der Waals surface area contributed by atoms with Crippen LogP contribution in [0.4, 0.5) is 0 Å². The zero-order valence-corrected chi connectivity index (χ0v) is 12.3. The Balaban J connectivity index is 1.97. The van der Waals surface area contributed by atoms with Gasteiger partial charge in [0.1, 0.15) is 17.9 Å². The minimum Gasteiger partial charge on any atom is -0.497 e. The highest BCUT2D eigenvalue weighted by atomic mass is 16.5. The second-order valence-electron chi connectivity index (χ2n) is 5.23. The fraction of sp³-hybridized carbons (Fsp3) is 0.467. The van der Waals surface area contributed by atoms with E-state index in [2.05, 4.69) is 23.9 Å². The monoisotopic (exact) mass is 274 g/mol. The van der Waals surface area contributed by atoms with Crippen LogP contribution in [0.15, 0.2) is 30.6 Å². The van der Waals surface area contributed by atoms with Crippen LogP contribution in [0.25, 0.3) is 0 Å². The third-order valence-corrected chi connectivity index (χ3v) is 3.24. The Morgan fingerprint density at radius 2 is 1.90 bits per heavy atom. The highest BCUT2D eigenvalue weighted by Gasteiger charge is 2.12. The Hall–Kier alpha value is -1.88. The summed E-state index contributed by atoms with van der Waals surface area (Å²) in [5.41, 5.74) is 7.43. The van der Waals surface area contributed by atoms with Crippen LogP contribution >= 0.6 is 0 Å². The smallest absolute Gasteiger partial charge is 0.138 e. The van der Waals surface area contributed by atoms with E-state index in [1.165, 1.54) is 5.56 Å². The van der Waals surface area contributed by atoms with Crippen LogP contribution in [0.2, 0.25) is 0 Å². The quantitative estimate of drug-likeness (QED) is 0.874.